The predicted octanol–water partition coefficient (Wildman–Crippen LogP) is 3.92. The lowest BCUT2D eigenvalue weighted by molar-refractivity contribution is -0.169. The molecule has 0 N–H and O–H groups in total. The van der Waals surface area contributed by atoms with E-state index in [9.17, 15) is 9.59 Å². The molecule has 2 heterocycles. The summed E-state index contributed by atoms with van der Waals surface area (Å²) < 4.78 is 12.2. The van der Waals surface area contributed by atoms with Crippen molar-refractivity contribution in [3.8, 4) is 5.75 Å². The van der Waals surface area contributed by atoms with E-state index in [0.29, 0.717) is 43.2 Å². The van der Waals surface area contributed by atoms with Crippen LogP contribution in [0.5, 0.6) is 5.75 Å². The molecule has 5 heteroatoms. The molecular weight excluding hydrogens is 354 g/mol. The normalized spacial score (nSPS) is 24.6. The summed E-state index contributed by atoms with van der Waals surface area (Å²) in [5.74, 6) is 1.79. The molecule has 1 aliphatic carbocycles. The van der Waals surface area contributed by atoms with Gasteiger partial charge in [-0.2, -0.15) is 0 Å². The number of ketones is 1. The highest BCUT2D eigenvalue weighted by Gasteiger charge is 2.47. The molecule has 4 rings (SSSR count). The Morgan fingerprint density at radius 2 is 1.96 bits per heavy atom. The zero-order valence-electron chi connectivity index (χ0n) is 17.2. The molecule has 1 spiro atoms. The Morgan fingerprint density at radius 1 is 1.25 bits per heavy atom. The van der Waals surface area contributed by atoms with Crippen LogP contribution in [0.1, 0.15) is 68.3 Å². The van der Waals surface area contributed by atoms with Crippen molar-refractivity contribution in [1.82, 2.24) is 4.90 Å². The number of hydrogen-bond acceptors (Lipinski definition) is 4. The van der Waals surface area contributed by atoms with Gasteiger partial charge in [0, 0.05) is 31.5 Å². The summed E-state index contributed by atoms with van der Waals surface area (Å²) in [4.78, 5) is 27.2. The van der Waals surface area contributed by atoms with E-state index in [0.717, 1.165) is 24.2 Å². The van der Waals surface area contributed by atoms with E-state index >= 15 is 0 Å². The standard InChI is InChI=1S/C23H31NO4/c1-15(2)27-20-7-6-18(12-16(20)3)22(26)24-10-8-23(9-11-24)14-19(25)13-21(28-23)17-4-5-17/h6-7,12,15,17,21H,4-5,8-11,13-14H2,1-3H3. The summed E-state index contributed by atoms with van der Waals surface area (Å²) in [6.07, 6.45) is 5.19. The molecule has 1 aromatic rings. The first kappa shape index (κ1) is 19.4. The zero-order chi connectivity index (χ0) is 19.9. The van der Waals surface area contributed by atoms with E-state index in [-0.39, 0.29) is 23.7 Å². The van der Waals surface area contributed by atoms with Crippen molar-refractivity contribution in [3.63, 3.8) is 0 Å². The van der Waals surface area contributed by atoms with Crippen molar-refractivity contribution in [3.05, 3.63) is 29.3 Å². The van der Waals surface area contributed by atoms with E-state index < -0.39 is 0 Å². The quantitative estimate of drug-likeness (QED) is 0.788. The minimum Gasteiger partial charge on any atom is -0.491 e. The molecule has 0 aromatic heterocycles. The Hall–Kier alpha value is -1.88. The van der Waals surface area contributed by atoms with Crippen molar-refractivity contribution in [2.24, 2.45) is 5.92 Å². The average molecular weight is 386 g/mol. The number of nitrogens with zero attached hydrogens (tertiary/aromatic N) is 1. The van der Waals surface area contributed by atoms with E-state index in [1.807, 2.05) is 43.9 Å². The van der Waals surface area contributed by atoms with Crippen LogP contribution in [0.25, 0.3) is 0 Å². The zero-order valence-corrected chi connectivity index (χ0v) is 17.2. The first-order chi connectivity index (χ1) is 13.3. The maximum absolute atomic E-state index is 13.0. The van der Waals surface area contributed by atoms with Crippen molar-refractivity contribution in [2.75, 3.05) is 13.1 Å². The molecule has 3 fully saturated rings. The Labute approximate surface area is 167 Å². The number of piperidine rings is 1. The number of likely N-dealkylation sites (tertiary alicyclic amines) is 1. The summed E-state index contributed by atoms with van der Waals surface area (Å²) in [7, 11) is 0. The molecule has 1 atom stereocenters. The Balaban J connectivity index is 1.40. The smallest absolute Gasteiger partial charge is 0.253 e. The minimum atomic E-state index is -0.343. The molecule has 2 aliphatic heterocycles. The maximum Gasteiger partial charge on any atom is 0.253 e. The number of Topliss-reactive ketones (excluding diaryl/α,β-unsaturated/α-hetero) is 1. The lowest BCUT2D eigenvalue weighted by Crippen LogP contribution is -2.53. The number of rotatable bonds is 4. The monoisotopic (exact) mass is 385 g/mol. The lowest BCUT2D eigenvalue weighted by atomic mass is 9.81. The first-order valence-corrected chi connectivity index (χ1v) is 10.6. The van der Waals surface area contributed by atoms with Gasteiger partial charge in [-0.05, 0) is 76.1 Å². The molecule has 3 aliphatic rings. The number of carbonyl (C=O) groups excluding carboxylic acids is 2. The third kappa shape index (κ3) is 4.09. The molecular formula is C23H31NO4. The Kier molecular flexibility index (Phi) is 5.21. The number of benzene rings is 1. The number of hydrogen-bond donors (Lipinski definition) is 0. The van der Waals surface area contributed by atoms with Crippen molar-refractivity contribution in [2.45, 2.75) is 77.1 Å². The minimum absolute atomic E-state index is 0.0509. The molecule has 0 bridgehead atoms. The number of aryl methyl sites for hydroxylation is 1. The highest BCUT2D eigenvalue weighted by atomic mass is 16.5. The van der Waals surface area contributed by atoms with Crippen LogP contribution < -0.4 is 4.74 Å². The van der Waals surface area contributed by atoms with E-state index in [2.05, 4.69) is 0 Å². The summed E-state index contributed by atoms with van der Waals surface area (Å²) in [6, 6.07) is 5.65. The Bertz CT molecular complexity index is 760. The lowest BCUT2D eigenvalue weighted by Gasteiger charge is -2.46. The largest absolute Gasteiger partial charge is 0.491 e. The fourth-order valence-electron chi connectivity index (χ4n) is 4.55. The van der Waals surface area contributed by atoms with Crippen LogP contribution in [0, 0.1) is 12.8 Å². The molecule has 1 saturated carbocycles. The van der Waals surface area contributed by atoms with Crippen molar-refractivity contribution < 1.29 is 19.1 Å². The van der Waals surface area contributed by atoms with Gasteiger partial charge in [-0.15, -0.1) is 0 Å². The first-order valence-electron chi connectivity index (χ1n) is 10.6. The molecule has 2 saturated heterocycles. The molecule has 28 heavy (non-hydrogen) atoms. The third-order valence-corrected chi connectivity index (χ3v) is 6.24. The topological polar surface area (TPSA) is 55.8 Å². The van der Waals surface area contributed by atoms with Gasteiger partial charge in [0.1, 0.15) is 11.5 Å². The number of carbonyl (C=O) groups is 2. The highest BCUT2D eigenvalue weighted by Crippen LogP contribution is 2.44. The van der Waals surface area contributed by atoms with Crippen LogP contribution in [0.15, 0.2) is 18.2 Å². The second-order valence-electron chi connectivity index (χ2n) is 9.04. The van der Waals surface area contributed by atoms with Gasteiger partial charge in [-0.3, -0.25) is 9.59 Å². The van der Waals surface area contributed by atoms with Crippen LogP contribution in [0.4, 0.5) is 0 Å². The number of amides is 1. The maximum atomic E-state index is 13.0. The van der Waals surface area contributed by atoms with Gasteiger partial charge in [-0.25, -0.2) is 0 Å². The van der Waals surface area contributed by atoms with E-state index in [1.165, 1.54) is 12.8 Å². The van der Waals surface area contributed by atoms with Gasteiger partial charge in [0.05, 0.1) is 17.8 Å². The fourth-order valence-corrected chi connectivity index (χ4v) is 4.55. The molecule has 5 nitrogen and oxygen atoms in total. The van der Waals surface area contributed by atoms with Gasteiger partial charge in [-0.1, -0.05) is 0 Å². The summed E-state index contributed by atoms with van der Waals surface area (Å²) >= 11 is 0. The van der Waals surface area contributed by atoms with Crippen LogP contribution in [0.3, 0.4) is 0 Å². The SMILES string of the molecule is Cc1cc(C(=O)N2CCC3(CC2)CC(=O)CC(C2CC2)O3)ccc1OC(C)C. The molecule has 1 aromatic carbocycles. The van der Waals surface area contributed by atoms with Gasteiger partial charge >= 0.3 is 0 Å². The second-order valence-corrected chi connectivity index (χ2v) is 9.04. The summed E-state index contributed by atoms with van der Waals surface area (Å²) in [6.45, 7) is 7.25. The Morgan fingerprint density at radius 3 is 2.57 bits per heavy atom. The summed E-state index contributed by atoms with van der Waals surface area (Å²) in [5, 5.41) is 0. The third-order valence-electron chi connectivity index (χ3n) is 6.24. The van der Waals surface area contributed by atoms with E-state index in [1.54, 1.807) is 0 Å². The molecule has 1 amide bonds. The van der Waals surface area contributed by atoms with Gasteiger partial charge < -0.3 is 14.4 Å². The highest BCUT2D eigenvalue weighted by molar-refractivity contribution is 5.94. The van der Waals surface area contributed by atoms with Crippen molar-refractivity contribution >= 4 is 11.7 Å². The van der Waals surface area contributed by atoms with Crippen molar-refractivity contribution in [1.29, 1.82) is 0 Å². The molecule has 1 unspecified atom stereocenters. The number of ether oxygens (including phenoxy) is 2. The van der Waals surface area contributed by atoms with Crippen LogP contribution >= 0.6 is 0 Å². The van der Waals surface area contributed by atoms with Gasteiger partial charge in [0.2, 0.25) is 0 Å². The van der Waals surface area contributed by atoms with Gasteiger partial charge in [0.15, 0.2) is 0 Å². The molecule has 152 valence electrons. The molecule has 0 radical (unpaired) electrons. The second kappa shape index (κ2) is 7.51. The van der Waals surface area contributed by atoms with Crippen LogP contribution in [-0.4, -0.2) is 47.5 Å². The predicted molar refractivity (Wildman–Crippen MR) is 107 cm³/mol. The average Bonchev–Trinajstić information content (AvgIpc) is 3.48. The van der Waals surface area contributed by atoms with Crippen LogP contribution in [0.2, 0.25) is 0 Å². The van der Waals surface area contributed by atoms with Crippen LogP contribution in [-0.2, 0) is 9.53 Å². The van der Waals surface area contributed by atoms with Gasteiger partial charge in [0.25, 0.3) is 5.91 Å². The summed E-state index contributed by atoms with van der Waals surface area (Å²) in [5.41, 5.74) is 1.33. The van der Waals surface area contributed by atoms with E-state index in [4.69, 9.17) is 9.47 Å². The fraction of sp³-hybridized carbons (Fsp3) is 0.652.